The fourth-order valence-electron chi connectivity index (χ4n) is 2.54. The molecule has 20 heavy (non-hydrogen) atoms. The first-order valence-corrected chi connectivity index (χ1v) is 7.26. The van der Waals surface area contributed by atoms with Crippen LogP contribution in [0, 0.1) is 11.8 Å². The third kappa shape index (κ3) is 3.87. The van der Waals surface area contributed by atoms with Gasteiger partial charge >= 0.3 is 5.97 Å². The summed E-state index contributed by atoms with van der Waals surface area (Å²) in [4.78, 5) is 12.0. The highest BCUT2D eigenvalue weighted by atomic mass is 35.5. The third-order valence-electron chi connectivity index (χ3n) is 3.71. The van der Waals surface area contributed by atoms with E-state index < -0.39 is 0 Å². The van der Waals surface area contributed by atoms with E-state index in [-0.39, 0.29) is 11.9 Å². The number of para-hydroxylation sites is 1. The van der Waals surface area contributed by atoms with Crippen molar-refractivity contribution in [2.24, 2.45) is 11.8 Å². The van der Waals surface area contributed by atoms with Gasteiger partial charge in [-0.05, 0) is 44.0 Å². The molecule has 1 unspecified atom stereocenters. The SMILES string of the molecule is COC(=O)C(COc1ccccc1Cl)C1CCNCC1. The van der Waals surface area contributed by atoms with Crippen molar-refractivity contribution in [1.29, 1.82) is 0 Å². The first-order chi connectivity index (χ1) is 9.72. The third-order valence-corrected chi connectivity index (χ3v) is 4.02. The zero-order valence-corrected chi connectivity index (χ0v) is 12.4. The standard InChI is InChI=1S/C15H20ClNO3/c1-19-15(18)12(11-6-8-17-9-7-11)10-20-14-5-3-2-4-13(14)16/h2-5,11-12,17H,6-10H2,1H3. The van der Waals surface area contributed by atoms with Crippen LogP contribution in [0.15, 0.2) is 24.3 Å². The van der Waals surface area contributed by atoms with Gasteiger partial charge in [-0.2, -0.15) is 0 Å². The largest absolute Gasteiger partial charge is 0.491 e. The maximum Gasteiger partial charge on any atom is 0.312 e. The van der Waals surface area contributed by atoms with Crippen molar-refractivity contribution in [2.75, 3.05) is 26.8 Å². The highest BCUT2D eigenvalue weighted by molar-refractivity contribution is 6.32. The molecular formula is C15H20ClNO3. The van der Waals surface area contributed by atoms with Crippen LogP contribution in [0.4, 0.5) is 0 Å². The maximum absolute atomic E-state index is 12.0. The van der Waals surface area contributed by atoms with Crippen LogP contribution in [-0.4, -0.2) is 32.8 Å². The van der Waals surface area contributed by atoms with Crippen molar-refractivity contribution in [3.63, 3.8) is 0 Å². The van der Waals surface area contributed by atoms with E-state index in [9.17, 15) is 4.79 Å². The Kier molecular flexibility index (Phi) is 5.68. The van der Waals surface area contributed by atoms with E-state index in [4.69, 9.17) is 21.1 Å². The minimum absolute atomic E-state index is 0.205. The lowest BCUT2D eigenvalue weighted by atomic mass is 9.85. The second-order valence-electron chi connectivity index (χ2n) is 4.96. The minimum Gasteiger partial charge on any atom is -0.491 e. The lowest BCUT2D eigenvalue weighted by Crippen LogP contribution is -2.38. The van der Waals surface area contributed by atoms with Gasteiger partial charge in [-0.1, -0.05) is 23.7 Å². The van der Waals surface area contributed by atoms with Gasteiger partial charge in [-0.3, -0.25) is 4.79 Å². The molecule has 1 aliphatic rings. The monoisotopic (exact) mass is 297 g/mol. The predicted octanol–water partition coefficient (Wildman–Crippen LogP) is 2.51. The number of methoxy groups -OCH3 is 1. The summed E-state index contributed by atoms with van der Waals surface area (Å²) in [6.45, 7) is 2.18. The van der Waals surface area contributed by atoms with Gasteiger partial charge in [0.25, 0.3) is 0 Å². The van der Waals surface area contributed by atoms with Gasteiger partial charge in [-0.25, -0.2) is 0 Å². The molecule has 1 atom stereocenters. The second kappa shape index (κ2) is 7.50. The molecule has 0 radical (unpaired) electrons. The van der Waals surface area contributed by atoms with Crippen LogP contribution in [0.3, 0.4) is 0 Å². The molecule has 0 bridgehead atoms. The Morgan fingerprint density at radius 2 is 2.10 bits per heavy atom. The van der Waals surface area contributed by atoms with E-state index in [1.54, 1.807) is 12.1 Å². The predicted molar refractivity (Wildman–Crippen MR) is 78.0 cm³/mol. The number of benzene rings is 1. The summed E-state index contributed by atoms with van der Waals surface area (Å²) in [5.41, 5.74) is 0. The van der Waals surface area contributed by atoms with E-state index in [1.165, 1.54) is 7.11 Å². The summed E-state index contributed by atoms with van der Waals surface area (Å²) >= 11 is 6.06. The van der Waals surface area contributed by atoms with Crippen LogP contribution < -0.4 is 10.1 Å². The molecule has 0 aromatic heterocycles. The molecule has 1 aromatic carbocycles. The van der Waals surface area contributed by atoms with E-state index in [2.05, 4.69) is 5.32 Å². The topological polar surface area (TPSA) is 47.6 Å². The van der Waals surface area contributed by atoms with Crippen LogP contribution in [0.1, 0.15) is 12.8 Å². The Labute approximate surface area is 124 Å². The molecular weight excluding hydrogens is 278 g/mol. The zero-order valence-electron chi connectivity index (χ0n) is 11.6. The number of nitrogens with one attached hydrogen (secondary N) is 1. The van der Waals surface area contributed by atoms with Crippen molar-refractivity contribution in [3.05, 3.63) is 29.3 Å². The molecule has 1 aliphatic heterocycles. The molecule has 1 N–H and O–H groups in total. The molecule has 5 heteroatoms. The van der Waals surface area contributed by atoms with Gasteiger partial charge in [0.05, 0.1) is 18.1 Å². The number of esters is 1. The molecule has 110 valence electrons. The van der Waals surface area contributed by atoms with Gasteiger partial charge in [0.2, 0.25) is 0 Å². The molecule has 4 nitrogen and oxygen atoms in total. The molecule has 0 aliphatic carbocycles. The van der Waals surface area contributed by atoms with E-state index in [0.29, 0.717) is 23.3 Å². The van der Waals surface area contributed by atoms with Crippen LogP contribution in [0.5, 0.6) is 5.75 Å². The average Bonchev–Trinajstić information content (AvgIpc) is 2.50. The maximum atomic E-state index is 12.0. The Morgan fingerprint density at radius 3 is 2.75 bits per heavy atom. The molecule has 1 saturated heterocycles. The van der Waals surface area contributed by atoms with Gasteiger partial charge < -0.3 is 14.8 Å². The van der Waals surface area contributed by atoms with Crippen molar-refractivity contribution < 1.29 is 14.3 Å². The number of halogens is 1. The van der Waals surface area contributed by atoms with Crippen molar-refractivity contribution in [3.8, 4) is 5.75 Å². The molecule has 0 amide bonds. The van der Waals surface area contributed by atoms with E-state index in [1.807, 2.05) is 12.1 Å². The van der Waals surface area contributed by atoms with Gasteiger partial charge in [0, 0.05) is 0 Å². The Bertz CT molecular complexity index is 446. The molecule has 1 heterocycles. The summed E-state index contributed by atoms with van der Waals surface area (Å²) in [7, 11) is 1.42. The summed E-state index contributed by atoms with van der Waals surface area (Å²) < 4.78 is 10.6. The van der Waals surface area contributed by atoms with Gasteiger partial charge in [0.15, 0.2) is 0 Å². The van der Waals surface area contributed by atoms with Crippen molar-refractivity contribution in [1.82, 2.24) is 5.32 Å². The molecule has 0 saturated carbocycles. The molecule has 0 spiro atoms. The Morgan fingerprint density at radius 1 is 1.40 bits per heavy atom. The number of rotatable bonds is 5. The van der Waals surface area contributed by atoms with Crippen LogP contribution in [-0.2, 0) is 9.53 Å². The number of hydrogen-bond acceptors (Lipinski definition) is 4. The van der Waals surface area contributed by atoms with Gasteiger partial charge in [0.1, 0.15) is 12.4 Å². The van der Waals surface area contributed by atoms with Crippen LogP contribution >= 0.6 is 11.6 Å². The smallest absolute Gasteiger partial charge is 0.312 e. The fraction of sp³-hybridized carbons (Fsp3) is 0.533. The average molecular weight is 298 g/mol. The first kappa shape index (κ1) is 15.1. The lowest BCUT2D eigenvalue weighted by Gasteiger charge is -2.28. The van der Waals surface area contributed by atoms with Crippen LogP contribution in [0.25, 0.3) is 0 Å². The summed E-state index contributed by atoms with van der Waals surface area (Å²) in [5.74, 6) is 0.463. The summed E-state index contributed by atoms with van der Waals surface area (Å²) in [6, 6.07) is 7.28. The number of carbonyl (C=O) groups is 1. The van der Waals surface area contributed by atoms with Crippen LogP contribution in [0.2, 0.25) is 5.02 Å². The van der Waals surface area contributed by atoms with E-state index >= 15 is 0 Å². The highest BCUT2D eigenvalue weighted by Gasteiger charge is 2.31. The van der Waals surface area contributed by atoms with E-state index in [0.717, 1.165) is 25.9 Å². The zero-order chi connectivity index (χ0) is 14.4. The second-order valence-corrected chi connectivity index (χ2v) is 5.37. The summed E-state index contributed by atoms with van der Waals surface area (Å²) in [5, 5.41) is 3.85. The minimum atomic E-state index is -0.238. The summed E-state index contributed by atoms with van der Waals surface area (Å²) in [6.07, 6.45) is 1.93. The number of carbonyl (C=O) groups excluding carboxylic acids is 1. The first-order valence-electron chi connectivity index (χ1n) is 6.88. The van der Waals surface area contributed by atoms with Crippen molar-refractivity contribution in [2.45, 2.75) is 12.8 Å². The lowest BCUT2D eigenvalue weighted by molar-refractivity contribution is -0.149. The number of hydrogen-bond donors (Lipinski definition) is 1. The normalized spacial score (nSPS) is 17.5. The Hall–Kier alpha value is -1.26. The molecule has 2 rings (SSSR count). The molecule has 1 aromatic rings. The molecule has 1 fully saturated rings. The fourth-order valence-corrected chi connectivity index (χ4v) is 2.73. The Balaban J connectivity index is 2.00. The van der Waals surface area contributed by atoms with Gasteiger partial charge in [-0.15, -0.1) is 0 Å². The quantitative estimate of drug-likeness (QED) is 0.848. The van der Waals surface area contributed by atoms with Crippen molar-refractivity contribution >= 4 is 17.6 Å². The number of piperidine rings is 1. The highest BCUT2D eigenvalue weighted by Crippen LogP contribution is 2.27. The number of ether oxygens (including phenoxy) is 2.